The Balaban J connectivity index is 1.85. The summed E-state index contributed by atoms with van der Waals surface area (Å²) in [6, 6.07) is 11.2. The van der Waals surface area contributed by atoms with Gasteiger partial charge >= 0.3 is 0 Å². The molecular formula is C18H15Cl2NO. The first-order valence-electron chi connectivity index (χ1n) is 7.35. The molecule has 2 N–H and O–H groups in total. The van der Waals surface area contributed by atoms with Gasteiger partial charge in [0.05, 0.1) is 6.04 Å². The van der Waals surface area contributed by atoms with Gasteiger partial charge in [0.1, 0.15) is 5.75 Å². The van der Waals surface area contributed by atoms with Crippen molar-refractivity contribution in [3.05, 3.63) is 69.7 Å². The maximum absolute atomic E-state index is 9.79. The molecule has 2 nitrogen and oxygen atoms in total. The van der Waals surface area contributed by atoms with Crippen LogP contribution >= 0.6 is 23.2 Å². The molecule has 0 radical (unpaired) electrons. The van der Waals surface area contributed by atoms with Gasteiger partial charge < -0.3 is 10.4 Å². The molecule has 0 saturated heterocycles. The summed E-state index contributed by atoms with van der Waals surface area (Å²) >= 11 is 12.8. The third kappa shape index (κ3) is 2.10. The number of hydrogen-bond donors (Lipinski definition) is 2. The van der Waals surface area contributed by atoms with E-state index in [1.54, 1.807) is 6.07 Å². The fourth-order valence-corrected chi connectivity index (χ4v) is 4.31. The number of hydrogen-bond acceptors (Lipinski definition) is 2. The van der Waals surface area contributed by atoms with Gasteiger partial charge in [-0.3, -0.25) is 0 Å². The Bertz CT molecular complexity index is 751. The highest BCUT2D eigenvalue weighted by Crippen LogP contribution is 2.52. The fraction of sp³-hybridized carbons (Fsp3) is 0.222. The molecule has 0 bridgehead atoms. The average Bonchev–Trinajstić information content (AvgIpc) is 2.97. The van der Waals surface area contributed by atoms with Gasteiger partial charge in [0, 0.05) is 27.2 Å². The summed E-state index contributed by atoms with van der Waals surface area (Å²) < 4.78 is 0. The van der Waals surface area contributed by atoms with Crippen molar-refractivity contribution in [2.24, 2.45) is 5.92 Å². The maximum Gasteiger partial charge on any atom is 0.116 e. The third-order valence-corrected chi connectivity index (χ3v) is 5.32. The van der Waals surface area contributed by atoms with E-state index in [1.165, 1.54) is 0 Å². The van der Waals surface area contributed by atoms with Crippen LogP contribution in [-0.4, -0.2) is 5.11 Å². The molecule has 3 atom stereocenters. The van der Waals surface area contributed by atoms with Gasteiger partial charge in [-0.1, -0.05) is 41.4 Å². The molecule has 1 heterocycles. The SMILES string of the molecule is Oc1ccc2c(c1)C1C=CCC1C(c1c(Cl)cccc1Cl)N2. The number of benzene rings is 2. The first kappa shape index (κ1) is 14.0. The predicted octanol–water partition coefficient (Wildman–Crippen LogP) is 5.53. The van der Waals surface area contributed by atoms with E-state index >= 15 is 0 Å². The van der Waals surface area contributed by atoms with Crippen molar-refractivity contribution in [3.63, 3.8) is 0 Å². The minimum absolute atomic E-state index is 0.0678. The average molecular weight is 332 g/mol. The molecule has 0 aromatic heterocycles. The Morgan fingerprint density at radius 3 is 2.64 bits per heavy atom. The largest absolute Gasteiger partial charge is 0.508 e. The van der Waals surface area contributed by atoms with Crippen LogP contribution in [0.15, 0.2) is 48.6 Å². The van der Waals surface area contributed by atoms with Crippen LogP contribution in [0.3, 0.4) is 0 Å². The molecule has 0 fully saturated rings. The van der Waals surface area contributed by atoms with Crippen LogP contribution < -0.4 is 5.32 Å². The van der Waals surface area contributed by atoms with E-state index in [0.29, 0.717) is 21.7 Å². The highest BCUT2D eigenvalue weighted by atomic mass is 35.5. The predicted molar refractivity (Wildman–Crippen MR) is 90.9 cm³/mol. The molecule has 4 rings (SSSR count). The van der Waals surface area contributed by atoms with Gasteiger partial charge in [0.15, 0.2) is 0 Å². The van der Waals surface area contributed by atoms with Crippen LogP contribution in [0.5, 0.6) is 5.75 Å². The van der Waals surface area contributed by atoms with Crippen LogP contribution in [0, 0.1) is 5.92 Å². The molecule has 0 amide bonds. The number of anilines is 1. The zero-order valence-corrected chi connectivity index (χ0v) is 13.3. The van der Waals surface area contributed by atoms with E-state index in [9.17, 15) is 5.11 Å². The molecule has 2 aliphatic rings. The molecular weight excluding hydrogens is 317 g/mol. The van der Waals surface area contributed by atoms with Gasteiger partial charge in [-0.25, -0.2) is 0 Å². The summed E-state index contributed by atoms with van der Waals surface area (Å²) in [7, 11) is 0. The summed E-state index contributed by atoms with van der Waals surface area (Å²) in [6.07, 6.45) is 5.40. The number of phenols is 1. The molecule has 2 aromatic carbocycles. The van der Waals surface area contributed by atoms with Gasteiger partial charge in [0.2, 0.25) is 0 Å². The fourth-order valence-electron chi connectivity index (χ4n) is 3.68. The Hall–Kier alpha value is -1.64. The van der Waals surface area contributed by atoms with Crippen LogP contribution in [0.1, 0.15) is 29.5 Å². The van der Waals surface area contributed by atoms with Crippen LogP contribution in [0.25, 0.3) is 0 Å². The number of phenolic OH excluding ortho intramolecular Hbond substituents is 1. The number of fused-ring (bicyclic) bond motifs is 3. The number of aromatic hydroxyl groups is 1. The lowest BCUT2D eigenvalue weighted by molar-refractivity contribution is 0.422. The number of halogens is 2. The molecule has 4 heteroatoms. The highest BCUT2D eigenvalue weighted by molar-refractivity contribution is 6.36. The van der Waals surface area contributed by atoms with E-state index in [-0.39, 0.29) is 12.0 Å². The number of nitrogens with one attached hydrogen (secondary N) is 1. The van der Waals surface area contributed by atoms with Crippen molar-refractivity contribution < 1.29 is 5.11 Å². The van der Waals surface area contributed by atoms with Crippen LogP contribution in [-0.2, 0) is 0 Å². The van der Waals surface area contributed by atoms with Crippen LogP contribution in [0.4, 0.5) is 5.69 Å². The zero-order chi connectivity index (χ0) is 15.3. The summed E-state index contributed by atoms with van der Waals surface area (Å²) in [5.41, 5.74) is 3.13. The van der Waals surface area contributed by atoms with Crippen molar-refractivity contribution in [1.82, 2.24) is 0 Å². The lowest BCUT2D eigenvalue weighted by Crippen LogP contribution is -2.29. The number of rotatable bonds is 1. The lowest BCUT2D eigenvalue weighted by Gasteiger charge is -2.38. The third-order valence-electron chi connectivity index (χ3n) is 4.66. The molecule has 1 aliphatic heterocycles. The van der Waals surface area contributed by atoms with Crippen molar-refractivity contribution in [2.75, 3.05) is 5.32 Å². The Labute approximate surface area is 139 Å². The van der Waals surface area contributed by atoms with Gasteiger partial charge in [0.25, 0.3) is 0 Å². The Morgan fingerprint density at radius 1 is 1.09 bits per heavy atom. The Morgan fingerprint density at radius 2 is 1.86 bits per heavy atom. The summed E-state index contributed by atoms with van der Waals surface area (Å²) in [5.74, 6) is 0.932. The normalized spacial score (nSPS) is 25.5. The zero-order valence-electron chi connectivity index (χ0n) is 11.8. The van der Waals surface area contributed by atoms with E-state index in [1.807, 2.05) is 30.3 Å². The first-order chi connectivity index (χ1) is 10.6. The Kier molecular flexibility index (Phi) is 3.32. The minimum Gasteiger partial charge on any atom is -0.508 e. The second-order valence-electron chi connectivity index (χ2n) is 5.88. The number of allylic oxidation sites excluding steroid dienone is 2. The van der Waals surface area contributed by atoms with Crippen molar-refractivity contribution in [3.8, 4) is 5.75 Å². The minimum atomic E-state index is 0.0678. The van der Waals surface area contributed by atoms with E-state index in [2.05, 4.69) is 17.5 Å². The van der Waals surface area contributed by atoms with Gasteiger partial charge in [-0.05, 0) is 48.2 Å². The second kappa shape index (κ2) is 5.22. The van der Waals surface area contributed by atoms with Gasteiger partial charge in [-0.15, -0.1) is 0 Å². The molecule has 3 unspecified atom stereocenters. The van der Waals surface area contributed by atoms with E-state index < -0.39 is 0 Å². The van der Waals surface area contributed by atoms with Gasteiger partial charge in [-0.2, -0.15) is 0 Å². The lowest BCUT2D eigenvalue weighted by atomic mass is 9.77. The molecule has 0 spiro atoms. The standard InChI is InChI=1S/C18H15Cl2NO/c19-14-5-2-6-15(20)17(14)18-12-4-1-3-11(12)13-9-10(22)7-8-16(13)21-18/h1-3,5-9,11-12,18,21-22H,4H2. The summed E-state index contributed by atoms with van der Waals surface area (Å²) in [5, 5.41) is 14.7. The van der Waals surface area contributed by atoms with Crippen LogP contribution in [0.2, 0.25) is 10.0 Å². The molecule has 112 valence electrons. The summed E-state index contributed by atoms with van der Waals surface area (Å²) in [4.78, 5) is 0. The van der Waals surface area contributed by atoms with Crippen molar-refractivity contribution >= 4 is 28.9 Å². The topological polar surface area (TPSA) is 32.3 Å². The molecule has 0 saturated carbocycles. The smallest absolute Gasteiger partial charge is 0.116 e. The monoisotopic (exact) mass is 331 g/mol. The second-order valence-corrected chi connectivity index (χ2v) is 6.70. The molecule has 2 aromatic rings. The highest BCUT2D eigenvalue weighted by Gasteiger charge is 2.39. The molecule has 1 aliphatic carbocycles. The molecule has 22 heavy (non-hydrogen) atoms. The van der Waals surface area contributed by atoms with Crippen molar-refractivity contribution in [2.45, 2.75) is 18.4 Å². The van der Waals surface area contributed by atoms with E-state index in [4.69, 9.17) is 23.2 Å². The maximum atomic E-state index is 9.79. The summed E-state index contributed by atoms with van der Waals surface area (Å²) in [6.45, 7) is 0. The van der Waals surface area contributed by atoms with Crippen molar-refractivity contribution in [1.29, 1.82) is 0 Å². The quantitative estimate of drug-likeness (QED) is 0.532. The first-order valence-corrected chi connectivity index (χ1v) is 8.11. The van der Waals surface area contributed by atoms with E-state index in [0.717, 1.165) is 23.2 Å².